The number of halogens is 2. The first-order valence-electron chi connectivity index (χ1n) is 4.58. The molecule has 0 fully saturated rings. The van der Waals surface area contributed by atoms with Crippen molar-refractivity contribution in [2.75, 3.05) is 7.11 Å². The average molecular weight is 323 g/mol. The van der Waals surface area contributed by atoms with E-state index in [2.05, 4.69) is 20.7 Å². The summed E-state index contributed by atoms with van der Waals surface area (Å²) in [6.45, 7) is 0. The zero-order valence-corrected chi connectivity index (χ0v) is 11.2. The van der Waals surface area contributed by atoms with Gasteiger partial charge in [-0.05, 0) is 11.6 Å². The predicted molar refractivity (Wildman–Crippen MR) is 66.5 cm³/mol. The van der Waals surface area contributed by atoms with Gasteiger partial charge in [0, 0.05) is 22.0 Å². The minimum atomic E-state index is -0.525. The van der Waals surface area contributed by atoms with Crippen molar-refractivity contribution >= 4 is 39.2 Å². The average Bonchev–Trinajstić information content (AvgIpc) is 2.28. The Bertz CT molecular complexity index is 464. The molecule has 0 spiro atoms. The molecule has 7 heteroatoms. The number of ether oxygens (including phenoxy) is 1. The van der Waals surface area contributed by atoms with Gasteiger partial charge in [0.2, 0.25) is 0 Å². The highest BCUT2D eigenvalue weighted by Crippen LogP contribution is 2.29. The summed E-state index contributed by atoms with van der Waals surface area (Å²) in [5, 5.41) is 11.3. The molecule has 92 valence electrons. The molecule has 0 bridgehead atoms. The SMILES string of the molecule is COC(=O)Cc1cc(Cl)cc([N+](=O)[O-])c1CBr. The monoisotopic (exact) mass is 321 g/mol. The Balaban J connectivity index is 3.27. The number of rotatable bonds is 4. The molecule has 0 radical (unpaired) electrons. The van der Waals surface area contributed by atoms with E-state index in [-0.39, 0.29) is 22.5 Å². The van der Waals surface area contributed by atoms with Gasteiger partial charge in [0.25, 0.3) is 5.69 Å². The van der Waals surface area contributed by atoms with Crippen molar-refractivity contribution in [3.05, 3.63) is 38.4 Å². The van der Waals surface area contributed by atoms with Crippen LogP contribution in [0.3, 0.4) is 0 Å². The number of nitro benzene ring substituents is 1. The van der Waals surface area contributed by atoms with Crippen LogP contribution in [-0.4, -0.2) is 18.0 Å². The van der Waals surface area contributed by atoms with Crippen LogP contribution in [0.2, 0.25) is 5.02 Å². The van der Waals surface area contributed by atoms with E-state index in [4.69, 9.17) is 11.6 Å². The Morgan fingerprint density at radius 2 is 2.24 bits per heavy atom. The highest BCUT2D eigenvalue weighted by Gasteiger charge is 2.20. The summed E-state index contributed by atoms with van der Waals surface area (Å²) in [5.41, 5.74) is 0.825. The van der Waals surface area contributed by atoms with Crippen LogP contribution in [0.15, 0.2) is 12.1 Å². The van der Waals surface area contributed by atoms with Crippen LogP contribution in [0.5, 0.6) is 0 Å². The molecular weight excluding hydrogens is 313 g/mol. The molecule has 0 N–H and O–H groups in total. The molecule has 1 aromatic rings. The summed E-state index contributed by atoms with van der Waals surface area (Å²) < 4.78 is 4.53. The lowest BCUT2D eigenvalue weighted by molar-refractivity contribution is -0.385. The smallest absolute Gasteiger partial charge is 0.309 e. The van der Waals surface area contributed by atoms with Crippen LogP contribution in [0.1, 0.15) is 11.1 Å². The van der Waals surface area contributed by atoms with Gasteiger partial charge < -0.3 is 4.74 Å². The first kappa shape index (κ1) is 13.9. The molecule has 1 rings (SSSR count). The lowest BCUT2D eigenvalue weighted by Gasteiger charge is -2.07. The number of carbonyl (C=O) groups excluding carboxylic acids is 1. The lowest BCUT2D eigenvalue weighted by Crippen LogP contribution is -2.08. The molecule has 5 nitrogen and oxygen atoms in total. The number of hydrogen-bond acceptors (Lipinski definition) is 4. The van der Waals surface area contributed by atoms with E-state index in [1.165, 1.54) is 19.2 Å². The molecule has 0 aliphatic rings. The van der Waals surface area contributed by atoms with Gasteiger partial charge in [0.15, 0.2) is 0 Å². The minimum absolute atomic E-state index is 0.0428. The van der Waals surface area contributed by atoms with Crippen molar-refractivity contribution < 1.29 is 14.5 Å². The van der Waals surface area contributed by atoms with Crippen molar-refractivity contribution in [3.63, 3.8) is 0 Å². The van der Waals surface area contributed by atoms with Crippen molar-refractivity contribution in [1.29, 1.82) is 0 Å². The molecule has 0 saturated carbocycles. The number of carbonyl (C=O) groups is 1. The molecule has 0 heterocycles. The summed E-state index contributed by atoms with van der Waals surface area (Å²) in [5.74, 6) is -0.469. The van der Waals surface area contributed by atoms with Gasteiger partial charge in [-0.3, -0.25) is 14.9 Å². The van der Waals surface area contributed by atoms with E-state index in [0.717, 1.165) is 0 Å². The summed E-state index contributed by atoms with van der Waals surface area (Å²) in [7, 11) is 1.26. The van der Waals surface area contributed by atoms with E-state index in [9.17, 15) is 14.9 Å². The van der Waals surface area contributed by atoms with Crippen molar-refractivity contribution in [3.8, 4) is 0 Å². The van der Waals surface area contributed by atoms with Crippen LogP contribution < -0.4 is 0 Å². The van der Waals surface area contributed by atoms with E-state index in [0.29, 0.717) is 11.1 Å². The van der Waals surface area contributed by atoms with Crippen LogP contribution in [0.25, 0.3) is 0 Å². The Kier molecular flexibility index (Phi) is 4.89. The molecule has 0 aliphatic carbocycles. The summed E-state index contributed by atoms with van der Waals surface area (Å²) in [6.07, 6.45) is -0.0428. The fourth-order valence-electron chi connectivity index (χ4n) is 1.38. The van der Waals surface area contributed by atoms with E-state index < -0.39 is 10.9 Å². The maximum atomic E-state index is 11.2. The number of nitrogens with zero attached hydrogens (tertiary/aromatic N) is 1. The van der Waals surface area contributed by atoms with Crippen molar-refractivity contribution in [2.24, 2.45) is 0 Å². The highest BCUT2D eigenvalue weighted by atomic mass is 79.9. The van der Waals surface area contributed by atoms with Gasteiger partial charge in [-0.1, -0.05) is 27.5 Å². The predicted octanol–water partition coefficient (Wildman–Crippen LogP) is 2.86. The Hall–Kier alpha value is -1.14. The number of esters is 1. The van der Waals surface area contributed by atoms with Crippen molar-refractivity contribution in [1.82, 2.24) is 0 Å². The topological polar surface area (TPSA) is 69.4 Å². The molecule has 0 unspecified atom stereocenters. The third-order valence-electron chi connectivity index (χ3n) is 2.18. The molecule has 0 aliphatic heterocycles. The van der Waals surface area contributed by atoms with Gasteiger partial charge in [-0.25, -0.2) is 0 Å². The van der Waals surface area contributed by atoms with Gasteiger partial charge in [-0.15, -0.1) is 0 Å². The third kappa shape index (κ3) is 3.41. The molecule has 1 aromatic carbocycles. The maximum Gasteiger partial charge on any atom is 0.309 e. The van der Waals surface area contributed by atoms with E-state index in [1.54, 1.807) is 0 Å². The van der Waals surface area contributed by atoms with E-state index in [1.807, 2.05) is 0 Å². The lowest BCUT2D eigenvalue weighted by atomic mass is 10.0. The summed E-state index contributed by atoms with van der Waals surface area (Å²) in [4.78, 5) is 21.5. The number of hydrogen-bond donors (Lipinski definition) is 0. The van der Waals surface area contributed by atoms with Crippen molar-refractivity contribution in [2.45, 2.75) is 11.8 Å². The molecule has 0 atom stereocenters. The Morgan fingerprint density at radius 3 is 2.71 bits per heavy atom. The summed E-state index contributed by atoms with van der Waals surface area (Å²) >= 11 is 8.94. The van der Waals surface area contributed by atoms with Crippen LogP contribution in [-0.2, 0) is 21.3 Å². The minimum Gasteiger partial charge on any atom is -0.469 e. The first-order valence-corrected chi connectivity index (χ1v) is 6.08. The number of methoxy groups -OCH3 is 1. The van der Waals surface area contributed by atoms with Gasteiger partial charge in [0.05, 0.1) is 18.5 Å². The van der Waals surface area contributed by atoms with Crippen LogP contribution >= 0.6 is 27.5 Å². The second-order valence-corrected chi connectivity index (χ2v) is 4.20. The Morgan fingerprint density at radius 1 is 1.59 bits per heavy atom. The standard InChI is InChI=1S/C10H9BrClNO4/c1-17-10(14)3-6-2-7(12)4-9(13(15)16)8(6)5-11/h2,4H,3,5H2,1H3. The summed E-state index contributed by atoms with van der Waals surface area (Å²) in [6, 6.07) is 2.79. The van der Waals surface area contributed by atoms with E-state index >= 15 is 0 Å². The number of alkyl halides is 1. The zero-order valence-electron chi connectivity index (χ0n) is 8.91. The van der Waals surface area contributed by atoms with Gasteiger partial charge in [-0.2, -0.15) is 0 Å². The normalized spacial score (nSPS) is 10.1. The quantitative estimate of drug-likeness (QED) is 0.370. The second-order valence-electron chi connectivity index (χ2n) is 3.21. The highest BCUT2D eigenvalue weighted by molar-refractivity contribution is 9.08. The molecular formula is C10H9BrClNO4. The first-order chi connectivity index (χ1) is 7.99. The fourth-order valence-corrected chi connectivity index (χ4v) is 2.26. The van der Waals surface area contributed by atoms with Crippen LogP contribution in [0.4, 0.5) is 5.69 Å². The maximum absolute atomic E-state index is 11.2. The van der Waals surface area contributed by atoms with Gasteiger partial charge >= 0.3 is 5.97 Å². The molecule has 17 heavy (non-hydrogen) atoms. The van der Waals surface area contributed by atoms with Gasteiger partial charge in [0.1, 0.15) is 0 Å². The van der Waals surface area contributed by atoms with Crippen LogP contribution in [0, 0.1) is 10.1 Å². The largest absolute Gasteiger partial charge is 0.469 e. The molecule has 0 amide bonds. The fraction of sp³-hybridized carbons (Fsp3) is 0.300. The zero-order chi connectivity index (χ0) is 13.0. The number of nitro groups is 1. The second kappa shape index (κ2) is 5.97. The third-order valence-corrected chi connectivity index (χ3v) is 2.96. The Labute approximate surface area is 111 Å². The molecule has 0 saturated heterocycles. The number of benzene rings is 1. The molecule has 0 aromatic heterocycles.